The zero-order valence-electron chi connectivity index (χ0n) is 19.0. The van der Waals surface area contributed by atoms with Gasteiger partial charge in [-0.15, -0.1) is 0 Å². The Kier molecular flexibility index (Phi) is 6.09. The van der Waals surface area contributed by atoms with E-state index in [1.807, 2.05) is 12.1 Å². The third kappa shape index (κ3) is 4.49. The summed E-state index contributed by atoms with van der Waals surface area (Å²) < 4.78 is 16.5. The predicted octanol–water partition coefficient (Wildman–Crippen LogP) is 4.34. The number of benzene rings is 2. The Bertz CT molecular complexity index is 1430. The Balaban J connectivity index is 1.67. The van der Waals surface area contributed by atoms with E-state index in [2.05, 4.69) is 27.2 Å². The fourth-order valence-corrected chi connectivity index (χ4v) is 3.54. The molecule has 172 valence electrons. The number of hydrogen-bond donors (Lipinski definition) is 2. The van der Waals surface area contributed by atoms with E-state index in [1.165, 1.54) is 11.0 Å². The highest BCUT2D eigenvalue weighted by Gasteiger charge is 2.17. The van der Waals surface area contributed by atoms with Crippen molar-refractivity contribution < 1.29 is 14.0 Å². The van der Waals surface area contributed by atoms with E-state index >= 15 is 0 Å². The van der Waals surface area contributed by atoms with Crippen LogP contribution < -0.4 is 10.6 Å². The van der Waals surface area contributed by atoms with Crippen LogP contribution in [0.15, 0.2) is 67.4 Å². The molecule has 0 aliphatic carbocycles. The van der Waals surface area contributed by atoms with Crippen LogP contribution in [0.25, 0.3) is 22.2 Å². The van der Waals surface area contributed by atoms with Gasteiger partial charge in [0.15, 0.2) is 5.82 Å². The van der Waals surface area contributed by atoms with Crippen LogP contribution in [0.4, 0.5) is 21.7 Å². The molecule has 0 saturated carbocycles. The smallest absolute Gasteiger partial charge is 0.269 e. The molecule has 4 rings (SSSR count). The number of aromatic nitrogens is 3. The maximum atomic E-state index is 14.7. The summed E-state index contributed by atoms with van der Waals surface area (Å²) in [6, 6.07) is 14.1. The number of nitrogens with zero attached hydrogens (tertiary/aromatic N) is 4. The summed E-state index contributed by atoms with van der Waals surface area (Å²) in [4.78, 5) is 33.9. The number of aryl methyl sites for hydroxylation is 1. The largest absolute Gasteiger partial charge is 0.343 e. The summed E-state index contributed by atoms with van der Waals surface area (Å²) in [5.41, 5.74) is 3.16. The average molecular weight is 458 g/mol. The van der Waals surface area contributed by atoms with E-state index in [4.69, 9.17) is 0 Å². The minimum atomic E-state index is -0.573. The minimum Gasteiger partial charge on any atom is -0.343 e. The van der Waals surface area contributed by atoms with Gasteiger partial charge in [0, 0.05) is 49.0 Å². The molecule has 0 spiro atoms. The molecular formula is C25H23FN6O2. The molecular weight excluding hydrogens is 435 g/mol. The molecule has 0 bridgehead atoms. The van der Waals surface area contributed by atoms with Crippen molar-refractivity contribution in [3.63, 3.8) is 0 Å². The molecule has 2 aromatic heterocycles. The normalized spacial score (nSPS) is 10.7. The highest BCUT2D eigenvalue weighted by Crippen LogP contribution is 2.28. The topological polar surface area (TPSA) is 92.1 Å². The Morgan fingerprint density at radius 2 is 1.88 bits per heavy atom. The number of carbonyl (C=O) groups is 2. The van der Waals surface area contributed by atoms with Crippen LogP contribution in [0, 0.1) is 5.82 Å². The van der Waals surface area contributed by atoms with Crippen LogP contribution >= 0.6 is 0 Å². The molecule has 4 aromatic rings. The van der Waals surface area contributed by atoms with E-state index in [9.17, 15) is 14.0 Å². The molecule has 9 heteroatoms. The summed E-state index contributed by atoms with van der Waals surface area (Å²) in [6.45, 7) is 3.43. The van der Waals surface area contributed by atoms with Crippen molar-refractivity contribution in [2.45, 2.75) is 0 Å². The van der Waals surface area contributed by atoms with E-state index in [-0.39, 0.29) is 23.5 Å². The molecule has 8 nitrogen and oxygen atoms in total. The first-order valence-electron chi connectivity index (χ1n) is 10.4. The molecule has 2 amide bonds. The first-order chi connectivity index (χ1) is 16.3. The summed E-state index contributed by atoms with van der Waals surface area (Å²) >= 11 is 0. The first-order valence-corrected chi connectivity index (χ1v) is 10.4. The molecule has 2 aromatic carbocycles. The van der Waals surface area contributed by atoms with Crippen molar-refractivity contribution in [1.82, 2.24) is 19.4 Å². The van der Waals surface area contributed by atoms with E-state index in [0.29, 0.717) is 22.6 Å². The molecule has 2 heterocycles. The van der Waals surface area contributed by atoms with Gasteiger partial charge >= 0.3 is 0 Å². The molecule has 0 unspecified atom stereocenters. The number of carbonyl (C=O) groups excluding carboxylic acids is 2. The van der Waals surface area contributed by atoms with Crippen LogP contribution in [0.3, 0.4) is 0 Å². The lowest BCUT2D eigenvalue weighted by molar-refractivity contribution is -0.111. The predicted molar refractivity (Wildman–Crippen MR) is 130 cm³/mol. The maximum absolute atomic E-state index is 14.7. The number of anilines is 3. The standard InChI is InChI=1S/C25H23FN6O2/c1-5-22(33)28-17-7-6-8-18(13-17)29-25-27-14-19(26)23(30-25)16-10-9-15-11-21(24(34)31(2)3)32(4)20(15)12-16/h5-14H,1H2,2-4H3,(H,28,33)(H,27,29,30). The van der Waals surface area contributed by atoms with Gasteiger partial charge in [-0.3, -0.25) is 9.59 Å². The van der Waals surface area contributed by atoms with Gasteiger partial charge in [0.25, 0.3) is 5.91 Å². The number of rotatable bonds is 6. The van der Waals surface area contributed by atoms with Gasteiger partial charge in [-0.25, -0.2) is 14.4 Å². The number of amides is 2. The minimum absolute atomic E-state index is 0.119. The third-order valence-electron chi connectivity index (χ3n) is 5.26. The molecule has 34 heavy (non-hydrogen) atoms. The van der Waals surface area contributed by atoms with Crippen LogP contribution in [0.1, 0.15) is 10.5 Å². The fraction of sp³-hybridized carbons (Fsp3) is 0.120. The molecule has 2 N–H and O–H groups in total. The number of halogens is 1. The van der Waals surface area contributed by atoms with Crippen LogP contribution in [0.2, 0.25) is 0 Å². The van der Waals surface area contributed by atoms with Gasteiger partial charge in [-0.1, -0.05) is 24.8 Å². The second-order valence-corrected chi connectivity index (χ2v) is 7.85. The monoisotopic (exact) mass is 458 g/mol. The van der Waals surface area contributed by atoms with Crippen molar-refractivity contribution in [3.8, 4) is 11.3 Å². The Labute approximate surface area is 195 Å². The number of fused-ring (bicyclic) bond motifs is 1. The fourth-order valence-electron chi connectivity index (χ4n) is 3.54. The summed E-state index contributed by atoms with van der Waals surface area (Å²) in [7, 11) is 5.18. The second kappa shape index (κ2) is 9.14. The number of nitrogens with one attached hydrogen (secondary N) is 2. The van der Waals surface area contributed by atoms with Crippen molar-refractivity contribution in [2.75, 3.05) is 24.7 Å². The SMILES string of the molecule is C=CC(=O)Nc1cccc(Nc2ncc(F)c(-c3ccc4cc(C(=O)N(C)C)n(C)c4c3)n2)c1. The van der Waals surface area contributed by atoms with Gasteiger partial charge in [0.1, 0.15) is 11.4 Å². The van der Waals surface area contributed by atoms with E-state index < -0.39 is 5.82 Å². The van der Waals surface area contributed by atoms with Crippen molar-refractivity contribution in [3.05, 3.63) is 78.9 Å². The molecule has 0 fully saturated rings. The van der Waals surface area contributed by atoms with Crippen LogP contribution in [0.5, 0.6) is 0 Å². The molecule has 0 aliphatic rings. The zero-order valence-corrected chi connectivity index (χ0v) is 19.0. The van der Waals surface area contributed by atoms with Gasteiger partial charge in [0.05, 0.1) is 6.20 Å². The Morgan fingerprint density at radius 3 is 2.62 bits per heavy atom. The van der Waals surface area contributed by atoms with Gasteiger partial charge in [-0.2, -0.15) is 0 Å². The van der Waals surface area contributed by atoms with Crippen molar-refractivity contribution >= 4 is 40.0 Å². The summed E-state index contributed by atoms with van der Waals surface area (Å²) in [5, 5.41) is 6.57. The van der Waals surface area contributed by atoms with Crippen LogP contribution in [-0.2, 0) is 11.8 Å². The second-order valence-electron chi connectivity index (χ2n) is 7.85. The summed E-state index contributed by atoms with van der Waals surface area (Å²) in [5.74, 6) is -0.829. The average Bonchev–Trinajstić information content (AvgIpc) is 3.15. The lowest BCUT2D eigenvalue weighted by atomic mass is 10.1. The first kappa shape index (κ1) is 22.7. The van der Waals surface area contributed by atoms with Gasteiger partial charge in [-0.05, 0) is 36.4 Å². The zero-order chi connectivity index (χ0) is 24.4. The molecule has 0 aliphatic heterocycles. The van der Waals surface area contributed by atoms with E-state index in [1.54, 1.807) is 62.1 Å². The number of hydrogen-bond acceptors (Lipinski definition) is 5. The highest BCUT2D eigenvalue weighted by atomic mass is 19.1. The molecule has 0 saturated heterocycles. The Morgan fingerprint density at radius 1 is 1.12 bits per heavy atom. The third-order valence-corrected chi connectivity index (χ3v) is 5.26. The highest BCUT2D eigenvalue weighted by molar-refractivity contribution is 6.00. The molecule has 0 atom stereocenters. The lowest BCUT2D eigenvalue weighted by Gasteiger charge is -2.11. The van der Waals surface area contributed by atoms with Gasteiger partial charge in [0.2, 0.25) is 11.9 Å². The summed E-state index contributed by atoms with van der Waals surface area (Å²) in [6.07, 6.45) is 2.28. The maximum Gasteiger partial charge on any atom is 0.269 e. The molecule has 0 radical (unpaired) electrons. The van der Waals surface area contributed by atoms with Gasteiger partial charge < -0.3 is 20.1 Å². The van der Waals surface area contributed by atoms with E-state index in [0.717, 1.165) is 17.1 Å². The Hall–Kier alpha value is -4.53. The van der Waals surface area contributed by atoms with Crippen molar-refractivity contribution in [1.29, 1.82) is 0 Å². The lowest BCUT2D eigenvalue weighted by Crippen LogP contribution is -2.23. The quantitative estimate of drug-likeness (QED) is 0.419. The van der Waals surface area contributed by atoms with Crippen LogP contribution in [-0.4, -0.2) is 45.3 Å². The van der Waals surface area contributed by atoms with Crippen molar-refractivity contribution in [2.24, 2.45) is 7.05 Å².